The zero-order valence-electron chi connectivity index (χ0n) is 8.38. The van der Waals surface area contributed by atoms with Crippen LogP contribution >= 0.6 is 0 Å². The van der Waals surface area contributed by atoms with Crippen LogP contribution in [0.3, 0.4) is 0 Å². The van der Waals surface area contributed by atoms with E-state index in [0.29, 0.717) is 18.4 Å². The van der Waals surface area contributed by atoms with Crippen molar-refractivity contribution in [3.05, 3.63) is 0 Å². The second-order valence-electron chi connectivity index (χ2n) is 4.23. The second kappa shape index (κ2) is 4.40. The van der Waals surface area contributed by atoms with Gasteiger partial charge in [0.25, 0.3) is 0 Å². The predicted molar refractivity (Wildman–Crippen MR) is 52.6 cm³/mol. The van der Waals surface area contributed by atoms with Gasteiger partial charge in [-0.1, -0.05) is 6.42 Å². The molecule has 76 valence electrons. The van der Waals surface area contributed by atoms with Gasteiger partial charge in [0, 0.05) is 19.0 Å². The van der Waals surface area contributed by atoms with E-state index in [1.807, 2.05) is 0 Å². The molecule has 2 aliphatic heterocycles. The molecule has 13 heavy (non-hydrogen) atoms. The lowest BCUT2D eigenvalue weighted by atomic mass is 10.0. The molecule has 0 bridgehead atoms. The summed E-state index contributed by atoms with van der Waals surface area (Å²) in [4.78, 5) is 0. The van der Waals surface area contributed by atoms with E-state index in [1.54, 1.807) is 0 Å². The SMILES string of the molecule is CC1CNC(CC2CCCCN2)O1. The molecule has 0 spiro atoms. The third-order valence-corrected chi connectivity index (χ3v) is 2.94. The van der Waals surface area contributed by atoms with Crippen LogP contribution in [0.4, 0.5) is 0 Å². The Balaban J connectivity index is 1.71. The zero-order valence-corrected chi connectivity index (χ0v) is 8.38. The molecule has 0 amide bonds. The Morgan fingerprint density at radius 2 is 2.23 bits per heavy atom. The molecule has 0 aromatic heterocycles. The largest absolute Gasteiger partial charge is 0.359 e. The lowest BCUT2D eigenvalue weighted by Crippen LogP contribution is -2.39. The summed E-state index contributed by atoms with van der Waals surface area (Å²) in [5.41, 5.74) is 0. The maximum Gasteiger partial charge on any atom is 0.110 e. The van der Waals surface area contributed by atoms with Crippen molar-refractivity contribution in [2.24, 2.45) is 0 Å². The quantitative estimate of drug-likeness (QED) is 0.667. The topological polar surface area (TPSA) is 33.3 Å². The van der Waals surface area contributed by atoms with Crippen LogP contribution < -0.4 is 10.6 Å². The van der Waals surface area contributed by atoms with Gasteiger partial charge in [-0.25, -0.2) is 0 Å². The summed E-state index contributed by atoms with van der Waals surface area (Å²) in [6.45, 7) is 4.33. The highest BCUT2D eigenvalue weighted by atomic mass is 16.5. The molecular formula is C10H20N2O. The van der Waals surface area contributed by atoms with E-state index in [0.717, 1.165) is 13.0 Å². The Morgan fingerprint density at radius 1 is 1.31 bits per heavy atom. The molecule has 3 heteroatoms. The number of piperidine rings is 1. The fraction of sp³-hybridized carbons (Fsp3) is 1.00. The van der Waals surface area contributed by atoms with E-state index in [4.69, 9.17) is 4.74 Å². The van der Waals surface area contributed by atoms with Crippen LogP contribution in [0.2, 0.25) is 0 Å². The minimum absolute atomic E-state index is 0.297. The van der Waals surface area contributed by atoms with Gasteiger partial charge in [-0.05, 0) is 26.3 Å². The molecule has 3 nitrogen and oxygen atoms in total. The summed E-state index contributed by atoms with van der Waals surface area (Å²) in [7, 11) is 0. The average molecular weight is 184 g/mol. The molecule has 3 unspecified atom stereocenters. The van der Waals surface area contributed by atoms with E-state index in [9.17, 15) is 0 Å². The van der Waals surface area contributed by atoms with Crippen molar-refractivity contribution in [1.82, 2.24) is 10.6 Å². The van der Waals surface area contributed by atoms with Crippen LogP contribution in [0.15, 0.2) is 0 Å². The summed E-state index contributed by atoms with van der Waals surface area (Å²) in [5.74, 6) is 0. The molecule has 3 atom stereocenters. The van der Waals surface area contributed by atoms with Gasteiger partial charge in [0.15, 0.2) is 0 Å². The monoisotopic (exact) mass is 184 g/mol. The molecule has 2 heterocycles. The van der Waals surface area contributed by atoms with Crippen LogP contribution in [0.1, 0.15) is 32.6 Å². The number of hydrogen-bond donors (Lipinski definition) is 2. The van der Waals surface area contributed by atoms with Crippen molar-refractivity contribution in [1.29, 1.82) is 0 Å². The van der Waals surface area contributed by atoms with Crippen LogP contribution in [-0.2, 0) is 4.74 Å². The van der Waals surface area contributed by atoms with Gasteiger partial charge in [0.2, 0.25) is 0 Å². The second-order valence-corrected chi connectivity index (χ2v) is 4.23. The first-order valence-electron chi connectivity index (χ1n) is 5.47. The van der Waals surface area contributed by atoms with Crippen molar-refractivity contribution in [2.75, 3.05) is 13.1 Å². The molecular weight excluding hydrogens is 164 g/mol. The molecule has 0 aliphatic carbocycles. The molecule has 2 N–H and O–H groups in total. The fourth-order valence-electron chi connectivity index (χ4n) is 2.20. The third-order valence-electron chi connectivity index (χ3n) is 2.94. The highest BCUT2D eigenvalue weighted by Crippen LogP contribution is 2.15. The molecule has 0 aromatic carbocycles. The lowest BCUT2D eigenvalue weighted by Gasteiger charge is -2.25. The standard InChI is InChI=1S/C10H20N2O/c1-8-7-12-10(13-8)6-9-4-2-3-5-11-9/h8-12H,2-7H2,1H3. The summed E-state index contributed by atoms with van der Waals surface area (Å²) < 4.78 is 5.71. The van der Waals surface area contributed by atoms with Crippen molar-refractivity contribution in [2.45, 2.75) is 51.0 Å². The summed E-state index contributed by atoms with van der Waals surface area (Å²) in [6.07, 6.45) is 5.85. The predicted octanol–water partition coefficient (Wildman–Crippen LogP) is 0.853. The molecule has 0 radical (unpaired) electrons. The maximum absolute atomic E-state index is 5.71. The molecule has 2 fully saturated rings. The normalized spacial score (nSPS) is 40.8. The van der Waals surface area contributed by atoms with Crippen molar-refractivity contribution in [3.8, 4) is 0 Å². The lowest BCUT2D eigenvalue weighted by molar-refractivity contribution is 0.0376. The van der Waals surface area contributed by atoms with Crippen molar-refractivity contribution >= 4 is 0 Å². The summed E-state index contributed by atoms with van der Waals surface area (Å²) in [5, 5.41) is 6.93. The van der Waals surface area contributed by atoms with E-state index in [-0.39, 0.29) is 0 Å². The first-order valence-corrected chi connectivity index (χ1v) is 5.47. The maximum atomic E-state index is 5.71. The Hall–Kier alpha value is -0.120. The van der Waals surface area contributed by atoms with E-state index >= 15 is 0 Å². The minimum Gasteiger partial charge on any atom is -0.359 e. The molecule has 2 rings (SSSR count). The Kier molecular flexibility index (Phi) is 3.19. The summed E-state index contributed by atoms with van der Waals surface area (Å²) >= 11 is 0. The van der Waals surface area contributed by atoms with Gasteiger partial charge in [0.05, 0.1) is 6.10 Å². The Morgan fingerprint density at radius 3 is 2.85 bits per heavy atom. The van der Waals surface area contributed by atoms with Gasteiger partial charge in [-0.2, -0.15) is 0 Å². The van der Waals surface area contributed by atoms with E-state index in [1.165, 1.54) is 25.8 Å². The van der Waals surface area contributed by atoms with Crippen molar-refractivity contribution < 1.29 is 4.74 Å². The van der Waals surface area contributed by atoms with E-state index < -0.39 is 0 Å². The summed E-state index contributed by atoms with van der Waals surface area (Å²) in [6, 6.07) is 0.677. The molecule has 2 saturated heterocycles. The highest BCUT2D eigenvalue weighted by molar-refractivity contribution is 4.78. The van der Waals surface area contributed by atoms with Crippen LogP contribution in [0, 0.1) is 0 Å². The van der Waals surface area contributed by atoms with Crippen LogP contribution in [0.25, 0.3) is 0 Å². The first-order chi connectivity index (χ1) is 6.34. The number of rotatable bonds is 2. The van der Waals surface area contributed by atoms with Gasteiger partial charge < -0.3 is 10.1 Å². The van der Waals surface area contributed by atoms with Crippen LogP contribution in [0.5, 0.6) is 0 Å². The molecule has 0 aromatic rings. The number of ether oxygens (including phenoxy) is 1. The smallest absolute Gasteiger partial charge is 0.110 e. The zero-order chi connectivity index (χ0) is 9.10. The van der Waals surface area contributed by atoms with Crippen LogP contribution in [-0.4, -0.2) is 31.5 Å². The van der Waals surface area contributed by atoms with Gasteiger partial charge >= 0.3 is 0 Å². The number of hydrogen-bond acceptors (Lipinski definition) is 3. The molecule has 2 aliphatic rings. The van der Waals surface area contributed by atoms with Gasteiger partial charge in [0.1, 0.15) is 6.23 Å². The van der Waals surface area contributed by atoms with Gasteiger partial charge in [-0.15, -0.1) is 0 Å². The third kappa shape index (κ3) is 2.66. The first kappa shape index (κ1) is 9.44. The fourth-order valence-corrected chi connectivity index (χ4v) is 2.20. The van der Waals surface area contributed by atoms with E-state index in [2.05, 4.69) is 17.6 Å². The minimum atomic E-state index is 0.297. The highest BCUT2D eigenvalue weighted by Gasteiger charge is 2.24. The number of nitrogens with one attached hydrogen (secondary N) is 2. The van der Waals surface area contributed by atoms with Crippen molar-refractivity contribution in [3.63, 3.8) is 0 Å². The van der Waals surface area contributed by atoms with Gasteiger partial charge in [-0.3, -0.25) is 5.32 Å². The average Bonchev–Trinajstić information content (AvgIpc) is 2.53. The Labute approximate surface area is 80.2 Å². The molecule has 0 saturated carbocycles. The Bertz CT molecular complexity index is 154.